The van der Waals surface area contributed by atoms with Crippen LogP contribution in [0.5, 0.6) is 0 Å². The van der Waals surface area contributed by atoms with Crippen molar-refractivity contribution >= 4 is 23.4 Å². The molecule has 2 N–H and O–H groups in total. The molecule has 0 radical (unpaired) electrons. The number of ether oxygens (including phenoxy) is 2. The predicted molar refractivity (Wildman–Crippen MR) is 109 cm³/mol. The van der Waals surface area contributed by atoms with Gasteiger partial charge in [-0.3, -0.25) is 4.79 Å². The van der Waals surface area contributed by atoms with Gasteiger partial charge >= 0.3 is 0 Å². The Morgan fingerprint density at radius 3 is 2.57 bits per heavy atom. The summed E-state index contributed by atoms with van der Waals surface area (Å²) in [6.07, 6.45) is 0.442. The summed E-state index contributed by atoms with van der Waals surface area (Å²) in [5.41, 5.74) is 6.10. The monoisotopic (exact) mass is 401 g/mol. The van der Waals surface area contributed by atoms with Gasteiger partial charge in [0.15, 0.2) is 0 Å². The van der Waals surface area contributed by atoms with Gasteiger partial charge < -0.3 is 15.2 Å². The number of hydrogen-bond donors (Lipinski definition) is 1. The second kappa shape index (κ2) is 8.73. The van der Waals surface area contributed by atoms with Crippen molar-refractivity contribution in [1.29, 1.82) is 0 Å². The average molecular weight is 402 g/mol. The molecule has 2 aromatic rings. The molecule has 1 heterocycles. The number of rotatable bonds is 7. The number of carbonyl (C=O) groups is 1. The Kier molecular flexibility index (Phi) is 6.34. The first-order valence-electron chi connectivity index (χ1n) is 9.18. The molecule has 0 aliphatic carbocycles. The van der Waals surface area contributed by atoms with E-state index in [9.17, 15) is 4.79 Å². The molecule has 1 aliphatic heterocycles. The Balaban J connectivity index is 2.13. The molecule has 6 nitrogen and oxygen atoms in total. The van der Waals surface area contributed by atoms with E-state index in [4.69, 9.17) is 26.8 Å². The van der Waals surface area contributed by atoms with Crippen LogP contribution < -0.4 is 5.73 Å². The topological polar surface area (TPSA) is 77.1 Å². The molecule has 0 saturated carbocycles. The number of hydrogen-bond acceptors (Lipinski definition) is 5. The molecule has 0 fully saturated rings. The van der Waals surface area contributed by atoms with Crippen LogP contribution in [0.3, 0.4) is 0 Å². The van der Waals surface area contributed by atoms with Gasteiger partial charge in [0.25, 0.3) is 5.91 Å². The van der Waals surface area contributed by atoms with Gasteiger partial charge in [0, 0.05) is 19.1 Å². The van der Waals surface area contributed by atoms with Crippen LogP contribution in [-0.2, 0) is 20.0 Å². The van der Waals surface area contributed by atoms with Crippen LogP contribution in [0.2, 0.25) is 5.02 Å². The lowest BCUT2D eigenvalue weighted by Crippen LogP contribution is -2.48. The average Bonchev–Trinajstić information content (AvgIpc) is 3.12. The van der Waals surface area contributed by atoms with Crippen LogP contribution in [0.25, 0.3) is 0 Å². The third kappa shape index (κ3) is 3.76. The van der Waals surface area contributed by atoms with E-state index in [1.807, 2.05) is 48.5 Å². The molecule has 0 bridgehead atoms. The predicted octanol–water partition coefficient (Wildman–Crippen LogP) is 3.49. The number of halogens is 1. The number of nitrogens with two attached hydrogens (primary N) is 1. The molecule has 148 valence electrons. The second-order valence-electron chi connectivity index (χ2n) is 6.56. The quantitative estimate of drug-likeness (QED) is 0.770. The molecule has 2 aromatic carbocycles. The molecule has 0 saturated heterocycles. The Labute approximate surface area is 169 Å². The second-order valence-corrected chi connectivity index (χ2v) is 6.96. The van der Waals surface area contributed by atoms with Crippen molar-refractivity contribution in [3.05, 3.63) is 70.7 Å². The van der Waals surface area contributed by atoms with Gasteiger partial charge in [-0.2, -0.15) is 5.01 Å². The Hall–Kier alpha value is -2.41. The Morgan fingerprint density at radius 1 is 1.25 bits per heavy atom. The molecule has 1 amide bonds. The summed E-state index contributed by atoms with van der Waals surface area (Å²) in [5, 5.41) is 6.42. The van der Waals surface area contributed by atoms with Crippen LogP contribution in [0, 0.1) is 0 Å². The van der Waals surface area contributed by atoms with Crippen LogP contribution in [0.4, 0.5) is 0 Å². The van der Waals surface area contributed by atoms with E-state index < -0.39 is 11.8 Å². The molecule has 7 heteroatoms. The summed E-state index contributed by atoms with van der Waals surface area (Å²) in [6.45, 7) is 2.14. The molecule has 3 rings (SSSR count). The molecule has 28 heavy (non-hydrogen) atoms. The van der Waals surface area contributed by atoms with Crippen LogP contribution in [-0.4, -0.2) is 36.6 Å². The maximum atomic E-state index is 13.1. The normalized spacial score (nSPS) is 19.9. The van der Waals surface area contributed by atoms with Gasteiger partial charge in [0.05, 0.1) is 10.6 Å². The van der Waals surface area contributed by atoms with E-state index in [0.717, 1.165) is 5.56 Å². The zero-order valence-corrected chi connectivity index (χ0v) is 16.7. The minimum absolute atomic E-state index is 0.295. The Bertz CT molecular complexity index is 859. The standard InChI is InChI=1S/C21H24ClN3O3/c1-15(27-2)20(26)25-21(13-8-14-23,16-9-4-3-5-10-16)28-19(24-25)17-11-6-7-12-18(17)22/h3-7,9-12,15H,8,13-14,23H2,1-2H3/t15-,21?/m0/s1. The van der Waals surface area contributed by atoms with Gasteiger partial charge in [-0.25, -0.2) is 0 Å². The summed E-state index contributed by atoms with van der Waals surface area (Å²) >= 11 is 6.36. The summed E-state index contributed by atoms with van der Waals surface area (Å²) < 4.78 is 11.6. The summed E-state index contributed by atoms with van der Waals surface area (Å²) in [7, 11) is 1.49. The SMILES string of the molecule is CO[C@@H](C)C(=O)N1N=C(c2ccccc2Cl)OC1(CCCN)c1ccccc1. The maximum absolute atomic E-state index is 13.1. The number of benzene rings is 2. The maximum Gasteiger partial charge on any atom is 0.275 e. The van der Waals surface area contributed by atoms with Crippen molar-refractivity contribution in [2.24, 2.45) is 10.8 Å². The summed E-state index contributed by atoms with van der Waals surface area (Å²) in [5.74, 6) is -0.00597. The van der Waals surface area contributed by atoms with E-state index in [0.29, 0.717) is 35.9 Å². The molecule has 0 aromatic heterocycles. The van der Waals surface area contributed by atoms with E-state index in [2.05, 4.69) is 5.10 Å². The van der Waals surface area contributed by atoms with Crippen molar-refractivity contribution < 1.29 is 14.3 Å². The fourth-order valence-corrected chi connectivity index (χ4v) is 3.38. The van der Waals surface area contributed by atoms with E-state index in [1.165, 1.54) is 12.1 Å². The van der Waals surface area contributed by atoms with Crippen molar-refractivity contribution in [2.45, 2.75) is 31.6 Å². The highest BCUT2D eigenvalue weighted by Gasteiger charge is 2.50. The third-order valence-corrected chi connectivity index (χ3v) is 5.09. The largest absolute Gasteiger partial charge is 0.443 e. The lowest BCUT2D eigenvalue weighted by atomic mass is 9.96. The van der Waals surface area contributed by atoms with Gasteiger partial charge in [0.1, 0.15) is 6.10 Å². The van der Waals surface area contributed by atoms with Gasteiger partial charge in [-0.05, 0) is 32.0 Å². The minimum atomic E-state index is -1.11. The molecular formula is C21H24ClN3O3. The smallest absolute Gasteiger partial charge is 0.275 e. The molecular weight excluding hydrogens is 378 g/mol. The number of amides is 1. The van der Waals surface area contributed by atoms with Crippen LogP contribution in [0.15, 0.2) is 59.7 Å². The molecule has 0 spiro atoms. The van der Waals surface area contributed by atoms with E-state index in [1.54, 1.807) is 13.0 Å². The third-order valence-electron chi connectivity index (χ3n) is 4.76. The number of carbonyl (C=O) groups excluding carboxylic acids is 1. The summed E-state index contributed by atoms with van der Waals surface area (Å²) in [4.78, 5) is 13.1. The highest BCUT2D eigenvalue weighted by molar-refractivity contribution is 6.33. The van der Waals surface area contributed by atoms with E-state index >= 15 is 0 Å². The van der Waals surface area contributed by atoms with Crippen molar-refractivity contribution in [3.63, 3.8) is 0 Å². The molecule has 1 aliphatic rings. The fourth-order valence-electron chi connectivity index (χ4n) is 3.16. The first-order valence-corrected chi connectivity index (χ1v) is 9.56. The van der Waals surface area contributed by atoms with E-state index in [-0.39, 0.29) is 5.91 Å². The number of nitrogens with zero attached hydrogens (tertiary/aromatic N) is 2. The first-order chi connectivity index (χ1) is 13.5. The summed E-state index contributed by atoms with van der Waals surface area (Å²) in [6, 6.07) is 16.8. The number of hydrazone groups is 1. The van der Waals surface area contributed by atoms with Crippen molar-refractivity contribution in [2.75, 3.05) is 13.7 Å². The highest BCUT2D eigenvalue weighted by atomic mass is 35.5. The lowest BCUT2D eigenvalue weighted by Gasteiger charge is -2.36. The van der Waals surface area contributed by atoms with Gasteiger partial charge in [-0.15, -0.1) is 5.10 Å². The van der Waals surface area contributed by atoms with Crippen LogP contribution in [0.1, 0.15) is 30.9 Å². The fraction of sp³-hybridized carbons (Fsp3) is 0.333. The zero-order chi connectivity index (χ0) is 20.1. The van der Waals surface area contributed by atoms with Gasteiger partial charge in [-0.1, -0.05) is 54.1 Å². The van der Waals surface area contributed by atoms with Crippen molar-refractivity contribution in [3.8, 4) is 0 Å². The van der Waals surface area contributed by atoms with Gasteiger partial charge in [0.2, 0.25) is 11.6 Å². The minimum Gasteiger partial charge on any atom is -0.443 e. The lowest BCUT2D eigenvalue weighted by molar-refractivity contribution is -0.162. The van der Waals surface area contributed by atoms with Crippen LogP contribution >= 0.6 is 11.6 Å². The zero-order valence-electron chi connectivity index (χ0n) is 16.0. The number of methoxy groups -OCH3 is 1. The highest BCUT2D eigenvalue weighted by Crippen LogP contribution is 2.41. The Morgan fingerprint density at radius 2 is 1.93 bits per heavy atom. The first kappa shape index (κ1) is 20.3. The molecule has 1 unspecified atom stereocenters. The van der Waals surface area contributed by atoms with Crippen molar-refractivity contribution in [1.82, 2.24) is 5.01 Å². The molecule has 2 atom stereocenters.